The summed E-state index contributed by atoms with van der Waals surface area (Å²) in [6, 6.07) is 0. The highest BCUT2D eigenvalue weighted by Crippen LogP contribution is 2.13. The number of aromatic nitrogens is 5. The van der Waals surface area contributed by atoms with Gasteiger partial charge in [0.2, 0.25) is 0 Å². The number of aryl methyl sites for hydroxylation is 3. The van der Waals surface area contributed by atoms with Gasteiger partial charge in [0.1, 0.15) is 5.69 Å². The molecular weight excluding hydrogens is 228 g/mol. The smallest absolute Gasteiger partial charge is 0.107 e. The third-order valence-corrected chi connectivity index (χ3v) is 2.89. The fraction of sp³-hybridized carbons (Fsp3) is 0.583. The van der Waals surface area contributed by atoms with Crippen molar-refractivity contribution in [1.29, 1.82) is 0 Å². The van der Waals surface area contributed by atoms with Crippen LogP contribution in [-0.2, 0) is 19.9 Å². The second kappa shape index (κ2) is 5.77. The molecule has 0 amide bonds. The second-order valence-corrected chi connectivity index (χ2v) is 4.39. The fourth-order valence-corrected chi connectivity index (χ4v) is 1.95. The van der Waals surface area contributed by atoms with Crippen LogP contribution in [-0.4, -0.2) is 31.3 Å². The number of rotatable bonds is 6. The molecule has 0 atom stereocenters. The third-order valence-electron chi connectivity index (χ3n) is 2.89. The van der Waals surface area contributed by atoms with Crippen LogP contribution in [0.2, 0.25) is 0 Å². The largest absolute Gasteiger partial charge is 0.330 e. The average molecular weight is 248 g/mol. The van der Waals surface area contributed by atoms with Gasteiger partial charge in [0.15, 0.2) is 0 Å². The van der Waals surface area contributed by atoms with E-state index in [1.54, 1.807) is 0 Å². The van der Waals surface area contributed by atoms with Crippen LogP contribution in [0.1, 0.15) is 31.2 Å². The summed E-state index contributed by atoms with van der Waals surface area (Å²) in [7, 11) is 1.92. The van der Waals surface area contributed by atoms with Crippen molar-refractivity contribution >= 4 is 0 Å². The maximum absolute atomic E-state index is 5.48. The van der Waals surface area contributed by atoms with Crippen LogP contribution in [0.4, 0.5) is 0 Å². The summed E-state index contributed by atoms with van der Waals surface area (Å²) in [5.41, 5.74) is 8.54. The summed E-state index contributed by atoms with van der Waals surface area (Å²) in [6.45, 7) is 2.82. The normalized spacial score (nSPS) is 11.1. The first-order valence-corrected chi connectivity index (χ1v) is 6.38. The lowest BCUT2D eigenvalue weighted by Gasteiger charge is -1.97. The summed E-state index contributed by atoms with van der Waals surface area (Å²) in [4.78, 5) is 0. The molecule has 2 aromatic rings. The second-order valence-electron chi connectivity index (χ2n) is 4.39. The van der Waals surface area contributed by atoms with Gasteiger partial charge >= 0.3 is 0 Å². The molecule has 0 fully saturated rings. The minimum atomic E-state index is 0.733. The van der Waals surface area contributed by atoms with E-state index in [0.717, 1.165) is 49.3 Å². The van der Waals surface area contributed by atoms with E-state index < -0.39 is 0 Å². The van der Waals surface area contributed by atoms with E-state index in [9.17, 15) is 0 Å². The van der Waals surface area contributed by atoms with Crippen molar-refractivity contribution in [2.45, 2.75) is 32.6 Å². The van der Waals surface area contributed by atoms with Gasteiger partial charge in [-0.25, -0.2) is 4.68 Å². The number of nitrogens with zero attached hydrogens (tertiary/aromatic N) is 5. The summed E-state index contributed by atoms with van der Waals surface area (Å²) >= 11 is 0. The Kier molecular flexibility index (Phi) is 4.09. The predicted molar refractivity (Wildman–Crippen MR) is 69.5 cm³/mol. The van der Waals surface area contributed by atoms with Gasteiger partial charge in [-0.15, -0.1) is 5.10 Å². The van der Waals surface area contributed by atoms with Crippen molar-refractivity contribution in [1.82, 2.24) is 24.8 Å². The van der Waals surface area contributed by atoms with E-state index in [4.69, 9.17) is 5.73 Å². The maximum atomic E-state index is 5.48. The van der Waals surface area contributed by atoms with Gasteiger partial charge in [0.25, 0.3) is 0 Å². The maximum Gasteiger partial charge on any atom is 0.107 e. The molecule has 6 heteroatoms. The van der Waals surface area contributed by atoms with E-state index >= 15 is 0 Å². The van der Waals surface area contributed by atoms with Crippen molar-refractivity contribution < 1.29 is 0 Å². The van der Waals surface area contributed by atoms with E-state index in [-0.39, 0.29) is 0 Å². The van der Waals surface area contributed by atoms with Crippen LogP contribution in [0.25, 0.3) is 5.69 Å². The topological polar surface area (TPSA) is 74.5 Å². The molecule has 0 saturated heterocycles. The Bertz CT molecular complexity index is 498. The van der Waals surface area contributed by atoms with Crippen molar-refractivity contribution in [2.75, 3.05) is 6.54 Å². The number of hydrogen-bond acceptors (Lipinski definition) is 4. The molecular formula is C12H20N6. The molecule has 0 spiro atoms. The Morgan fingerprint density at radius 3 is 2.83 bits per heavy atom. The van der Waals surface area contributed by atoms with Crippen molar-refractivity contribution in [2.24, 2.45) is 12.8 Å². The standard InChI is InChI=1S/C12H20N6/c1-3-11-12(9-17(2)15-11)18-8-10(14-16-18)6-4-5-7-13/h8-9H,3-7,13H2,1-2H3. The van der Waals surface area contributed by atoms with Crippen LogP contribution >= 0.6 is 0 Å². The summed E-state index contributed by atoms with van der Waals surface area (Å²) in [6.07, 6.45) is 7.85. The van der Waals surface area contributed by atoms with Crippen LogP contribution in [0, 0.1) is 0 Å². The highest BCUT2D eigenvalue weighted by atomic mass is 15.4. The molecule has 2 rings (SSSR count). The molecule has 2 aromatic heterocycles. The van der Waals surface area contributed by atoms with Crippen LogP contribution < -0.4 is 5.73 Å². The molecule has 98 valence electrons. The molecule has 2 heterocycles. The minimum Gasteiger partial charge on any atom is -0.330 e. The van der Waals surface area contributed by atoms with Crippen molar-refractivity contribution in [3.05, 3.63) is 23.8 Å². The van der Waals surface area contributed by atoms with Gasteiger partial charge in [0, 0.05) is 7.05 Å². The van der Waals surface area contributed by atoms with Crippen LogP contribution in [0.15, 0.2) is 12.4 Å². The molecule has 0 aliphatic rings. The van der Waals surface area contributed by atoms with Crippen LogP contribution in [0.3, 0.4) is 0 Å². The van der Waals surface area contributed by atoms with Gasteiger partial charge in [-0.1, -0.05) is 12.1 Å². The van der Waals surface area contributed by atoms with E-state index in [1.165, 1.54) is 0 Å². The molecule has 0 saturated carbocycles. The number of nitrogens with two attached hydrogens (primary N) is 1. The summed E-state index contributed by atoms with van der Waals surface area (Å²) in [5, 5.41) is 12.8. The zero-order valence-electron chi connectivity index (χ0n) is 11.0. The summed E-state index contributed by atoms with van der Waals surface area (Å²) < 4.78 is 3.62. The highest BCUT2D eigenvalue weighted by Gasteiger charge is 2.10. The van der Waals surface area contributed by atoms with E-state index in [1.807, 2.05) is 28.8 Å². The molecule has 0 aliphatic heterocycles. The average Bonchev–Trinajstić information content (AvgIpc) is 2.95. The first-order chi connectivity index (χ1) is 8.74. The van der Waals surface area contributed by atoms with Crippen LogP contribution in [0.5, 0.6) is 0 Å². The quantitative estimate of drug-likeness (QED) is 0.769. The molecule has 0 unspecified atom stereocenters. The molecule has 6 nitrogen and oxygen atoms in total. The SMILES string of the molecule is CCc1nn(C)cc1-n1cc(CCCCN)nn1. The van der Waals surface area contributed by atoms with Gasteiger partial charge < -0.3 is 5.73 Å². The molecule has 0 radical (unpaired) electrons. The fourth-order valence-electron chi connectivity index (χ4n) is 1.95. The Balaban J connectivity index is 2.13. The zero-order valence-corrected chi connectivity index (χ0v) is 11.0. The Hall–Kier alpha value is -1.69. The van der Waals surface area contributed by atoms with Crippen molar-refractivity contribution in [3.8, 4) is 5.69 Å². The predicted octanol–water partition coefficient (Wildman–Crippen LogP) is 0.845. The molecule has 2 N–H and O–H groups in total. The molecule has 0 aliphatic carbocycles. The Morgan fingerprint density at radius 2 is 2.11 bits per heavy atom. The molecule has 0 bridgehead atoms. The minimum absolute atomic E-state index is 0.733. The zero-order chi connectivity index (χ0) is 13.0. The van der Waals surface area contributed by atoms with E-state index in [2.05, 4.69) is 22.3 Å². The lowest BCUT2D eigenvalue weighted by atomic mass is 10.2. The monoisotopic (exact) mass is 248 g/mol. The van der Waals surface area contributed by atoms with Gasteiger partial charge in [0.05, 0.1) is 23.8 Å². The highest BCUT2D eigenvalue weighted by molar-refractivity contribution is 5.33. The Morgan fingerprint density at radius 1 is 1.28 bits per heavy atom. The lowest BCUT2D eigenvalue weighted by Crippen LogP contribution is -1.99. The lowest BCUT2D eigenvalue weighted by molar-refractivity contribution is 0.726. The molecule has 0 aromatic carbocycles. The van der Waals surface area contributed by atoms with Crippen molar-refractivity contribution in [3.63, 3.8) is 0 Å². The van der Waals surface area contributed by atoms with E-state index in [0.29, 0.717) is 0 Å². The van der Waals surface area contributed by atoms with Gasteiger partial charge in [-0.2, -0.15) is 5.10 Å². The van der Waals surface area contributed by atoms with Gasteiger partial charge in [-0.3, -0.25) is 4.68 Å². The first kappa shape index (κ1) is 12.8. The first-order valence-electron chi connectivity index (χ1n) is 6.38. The molecule has 18 heavy (non-hydrogen) atoms. The summed E-state index contributed by atoms with van der Waals surface area (Å²) in [5.74, 6) is 0. The van der Waals surface area contributed by atoms with Gasteiger partial charge in [-0.05, 0) is 32.2 Å². The Labute approximate surface area is 107 Å². The third kappa shape index (κ3) is 2.76. The number of unbranched alkanes of at least 4 members (excludes halogenated alkanes) is 1. The number of hydrogen-bond donors (Lipinski definition) is 1.